The number of likely N-dealkylation sites (tertiary alicyclic amines) is 1. The van der Waals surface area contributed by atoms with Gasteiger partial charge in [-0.1, -0.05) is 11.6 Å². The van der Waals surface area contributed by atoms with Crippen LogP contribution in [0.25, 0.3) is 0 Å². The number of hydrogen-bond acceptors (Lipinski definition) is 2. The minimum absolute atomic E-state index is 0.698. The van der Waals surface area contributed by atoms with Gasteiger partial charge in [0, 0.05) is 13.1 Å². The van der Waals surface area contributed by atoms with Crippen molar-refractivity contribution in [3.05, 3.63) is 11.6 Å². The maximum Gasteiger partial charge on any atom is 0.0190 e. The van der Waals surface area contributed by atoms with Crippen LogP contribution in [-0.2, 0) is 0 Å². The molecule has 0 aromatic carbocycles. The third kappa shape index (κ3) is 2.12. The number of piperidine rings is 1. The van der Waals surface area contributed by atoms with Gasteiger partial charge in [0.05, 0.1) is 0 Å². The quantitative estimate of drug-likeness (QED) is 0.540. The van der Waals surface area contributed by atoms with Crippen molar-refractivity contribution < 1.29 is 0 Å². The molecule has 2 heteroatoms. The molecule has 0 aromatic heterocycles. The van der Waals surface area contributed by atoms with Gasteiger partial charge in [0.15, 0.2) is 0 Å². The van der Waals surface area contributed by atoms with Gasteiger partial charge >= 0.3 is 0 Å². The zero-order chi connectivity index (χ0) is 7.40. The van der Waals surface area contributed by atoms with Crippen LogP contribution < -0.4 is 5.73 Å². The molecule has 1 fully saturated rings. The van der Waals surface area contributed by atoms with Crippen LogP contribution in [0.1, 0.15) is 12.8 Å². The van der Waals surface area contributed by atoms with Gasteiger partial charge in [-0.15, -0.1) is 0 Å². The van der Waals surface area contributed by atoms with Gasteiger partial charge in [-0.2, -0.15) is 0 Å². The standard InChI is InChI=1S/C8H16N2/c1-10-6-2-3-8(7-10)4-5-9/h4H,2-3,5-7,9H2,1H3/b8-4-. The first-order valence-electron chi connectivity index (χ1n) is 3.89. The second-order valence-corrected chi connectivity index (χ2v) is 2.94. The van der Waals surface area contributed by atoms with E-state index in [9.17, 15) is 0 Å². The fraction of sp³-hybridized carbons (Fsp3) is 0.750. The highest BCUT2D eigenvalue weighted by Gasteiger charge is 2.08. The van der Waals surface area contributed by atoms with E-state index in [-0.39, 0.29) is 0 Å². The van der Waals surface area contributed by atoms with E-state index in [0.29, 0.717) is 6.54 Å². The van der Waals surface area contributed by atoms with Crippen LogP contribution in [0, 0.1) is 0 Å². The third-order valence-electron chi connectivity index (χ3n) is 1.92. The summed E-state index contributed by atoms with van der Waals surface area (Å²) in [6, 6.07) is 0. The molecule has 0 bridgehead atoms. The molecule has 0 atom stereocenters. The number of likely N-dealkylation sites (N-methyl/N-ethyl adjacent to an activating group) is 1. The SMILES string of the molecule is CN1CCC/C(=C/CN)C1. The van der Waals surface area contributed by atoms with Crippen LogP contribution in [0.15, 0.2) is 11.6 Å². The van der Waals surface area contributed by atoms with Gasteiger partial charge in [-0.05, 0) is 26.4 Å². The smallest absolute Gasteiger partial charge is 0.0190 e. The molecule has 0 aliphatic carbocycles. The lowest BCUT2D eigenvalue weighted by Crippen LogP contribution is -2.27. The molecule has 0 saturated carbocycles. The van der Waals surface area contributed by atoms with Crippen LogP contribution in [0.3, 0.4) is 0 Å². The summed E-state index contributed by atoms with van der Waals surface area (Å²) in [5.74, 6) is 0. The normalized spacial score (nSPS) is 25.6. The second kappa shape index (κ2) is 3.74. The van der Waals surface area contributed by atoms with Crippen molar-refractivity contribution in [3.8, 4) is 0 Å². The average Bonchev–Trinajstić information content (AvgIpc) is 1.88. The van der Waals surface area contributed by atoms with E-state index < -0.39 is 0 Å². The zero-order valence-corrected chi connectivity index (χ0v) is 6.64. The van der Waals surface area contributed by atoms with Crippen molar-refractivity contribution in [2.24, 2.45) is 5.73 Å². The Labute approximate surface area is 62.7 Å². The fourth-order valence-electron chi connectivity index (χ4n) is 1.41. The Morgan fingerprint density at radius 1 is 1.70 bits per heavy atom. The largest absolute Gasteiger partial charge is 0.327 e. The van der Waals surface area contributed by atoms with Gasteiger partial charge in [0.25, 0.3) is 0 Å². The molecule has 0 radical (unpaired) electrons. The summed E-state index contributed by atoms with van der Waals surface area (Å²) in [6.45, 7) is 3.06. The number of nitrogens with zero attached hydrogens (tertiary/aromatic N) is 1. The van der Waals surface area contributed by atoms with Crippen molar-refractivity contribution in [1.29, 1.82) is 0 Å². The molecule has 0 aromatic rings. The lowest BCUT2D eigenvalue weighted by molar-refractivity contribution is 0.322. The van der Waals surface area contributed by atoms with E-state index in [4.69, 9.17) is 5.73 Å². The highest BCUT2D eigenvalue weighted by Crippen LogP contribution is 2.12. The van der Waals surface area contributed by atoms with E-state index in [1.165, 1.54) is 25.0 Å². The molecule has 1 saturated heterocycles. The maximum atomic E-state index is 5.41. The summed E-state index contributed by atoms with van der Waals surface area (Å²) >= 11 is 0. The van der Waals surface area contributed by atoms with E-state index in [1.807, 2.05) is 0 Å². The average molecular weight is 140 g/mol. The van der Waals surface area contributed by atoms with Gasteiger partial charge in [-0.25, -0.2) is 0 Å². The number of nitrogens with two attached hydrogens (primary N) is 1. The Morgan fingerprint density at radius 3 is 3.10 bits per heavy atom. The predicted molar refractivity (Wildman–Crippen MR) is 43.9 cm³/mol. The molecule has 2 nitrogen and oxygen atoms in total. The summed E-state index contributed by atoms with van der Waals surface area (Å²) in [4.78, 5) is 2.34. The summed E-state index contributed by atoms with van der Waals surface area (Å²) in [6.07, 6.45) is 4.69. The van der Waals surface area contributed by atoms with Crippen LogP contribution in [0.4, 0.5) is 0 Å². The van der Waals surface area contributed by atoms with E-state index in [2.05, 4.69) is 18.0 Å². The Kier molecular flexibility index (Phi) is 2.90. The van der Waals surface area contributed by atoms with Crippen molar-refractivity contribution >= 4 is 0 Å². The van der Waals surface area contributed by atoms with Crippen LogP contribution in [0.2, 0.25) is 0 Å². The Hall–Kier alpha value is -0.340. The molecular formula is C8H16N2. The predicted octanol–water partition coefficient (Wildman–Crippen LogP) is 0.597. The molecule has 58 valence electrons. The zero-order valence-electron chi connectivity index (χ0n) is 6.64. The molecular weight excluding hydrogens is 124 g/mol. The van der Waals surface area contributed by atoms with Gasteiger partial charge in [0.2, 0.25) is 0 Å². The molecule has 1 rings (SSSR count). The molecule has 0 amide bonds. The third-order valence-corrected chi connectivity index (χ3v) is 1.92. The van der Waals surface area contributed by atoms with Crippen molar-refractivity contribution in [2.75, 3.05) is 26.7 Å². The molecule has 2 N–H and O–H groups in total. The first kappa shape index (κ1) is 7.76. The second-order valence-electron chi connectivity index (χ2n) is 2.94. The minimum atomic E-state index is 0.698. The van der Waals surface area contributed by atoms with E-state index >= 15 is 0 Å². The van der Waals surface area contributed by atoms with Crippen LogP contribution in [-0.4, -0.2) is 31.6 Å². The van der Waals surface area contributed by atoms with Gasteiger partial charge < -0.3 is 10.6 Å². The Bertz CT molecular complexity index is 129. The summed E-state index contributed by atoms with van der Waals surface area (Å²) in [7, 11) is 2.16. The fourth-order valence-corrected chi connectivity index (χ4v) is 1.41. The van der Waals surface area contributed by atoms with Crippen molar-refractivity contribution in [1.82, 2.24) is 4.90 Å². The van der Waals surface area contributed by atoms with Crippen molar-refractivity contribution in [3.63, 3.8) is 0 Å². The Morgan fingerprint density at radius 2 is 2.50 bits per heavy atom. The van der Waals surface area contributed by atoms with E-state index in [1.54, 1.807) is 0 Å². The number of rotatable bonds is 1. The molecule has 0 spiro atoms. The maximum absolute atomic E-state index is 5.41. The van der Waals surface area contributed by atoms with Gasteiger partial charge in [0.1, 0.15) is 0 Å². The lowest BCUT2D eigenvalue weighted by atomic mass is 10.1. The summed E-state index contributed by atoms with van der Waals surface area (Å²) < 4.78 is 0. The molecule has 1 aliphatic heterocycles. The summed E-state index contributed by atoms with van der Waals surface area (Å²) in [5.41, 5.74) is 6.92. The minimum Gasteiger partial charge on any atom is -0.327 e. The topological polar surface area (TPSA) is 29.3 Å². The van der Waals surface area contributed by atoms with Crippen molar-refractivity contribution in [2.45, 2.75) is 12.8 Å². The van der Waals surface area contributed by atoms with Crippen LogP contribution in [0.5, 0.6) is 0 Å². The highest BCUT2D eigenvalue weighted by molar-refractivity contribution is 5.07. The monoisotopic (exact) mass is 140 g/mol. The molecule has 1 heterocycles. The molecule has 1 aliphatic rings. The number of hydrogen-bond donors (Lipinski definition) is 1. The highest BCUT2D eigenvalue weighted by atomic mass is 15.1. The summed E-state index contributed by atoms with van der Waals surface area (Å²) in [5, 5.41) is 0. The van der Waals surface area contributed by atoms with Gasteiger partial charge in [-0.3, -0.25) is 0 Å². The van der Waals surface area contributed by atoms with E-state index in [0.717, 1.165) is 6.54 Å². The first-order chi connectivity index (χ1) is 4.83. The van der Waals surface area contributed by atoms with Crippen LogP contribution >= 0.6 is 0 Å². The lowest BCUT2D eigenvalue weighted by Gasteiger charge is -2.24. The molecule has 0 unspecified atom stereocenters. The molecule has 10 heavy (non-hydrogen) atoms. The first-order valence-corrected chi connectivity index (χ1v) is 3.89. The Balaban J connectivity index is 2.39.